The molecule has 0 bridgehead atoms. The number of anilines is 1. The third kappa shape index (κ3) is 3.15. The number of esters is 1. The number of alkyl halides is 1. The Morgan fingerprint density at radius 2 is 2.16 bits per heavy atom. The van der Waals surface area contributed by atoms with E-state index >= 15 is 0 Å². The summed E-state index contributed by atoms with van der Waals surface area (Å²) in [7, 11) is 0. The molecule has 10 nitrogen and oxygen atoms in total. The molecule has 0 aliphatic carbocycles. The molecule has 1 saturated heterocycles. The molecular formula is C14H16FN5O5. The summed E-state index contributed by atoms with van der Waals surface area (Å²) in [5.74, 6) is -0.841. The van der Waals surface area contributed by atoms with E-state index < -0.39 is 37.2 Å². The molecule has 0 radical (unpaired) electrons. The van der Waals surface area contributed by atoms with E-state index in [1.807, 2.05) is 0 Å². The minimum Gasteiger partial charge on any atom is -0.456 e. The van der Waals surface area contributed by atoms with Gasteiger partial charge in [-0.15, -0.1) is 0 Å². The Labute approximate surface area is 141 Å². The first-order chi connectivity index (χ1) is 11.9. The van der Waals surface area contributed by atoms with Crippen molar-refractivity contribution < 1.29 is 28.6 Å². The first kappa shape index (κ1) is 17.2. The van der Waals surface area contributed by atoms with Gasteiger partial charge in [-0.25, -0.2) is 19.3 Å². The second kappa shape index (κ2) is 6.69. The molecule has 25 heavy (non-hydrogen) atoms. The number of nitrogens with one attached hydrogen (secondary N) is 1. The molecule has 1 aliphatic heterocycles. The van der Waals surface area contributed by atoms with Crippen molar-refractivity contribution in [2.45, 2.75) is 38.5 Å². The summed E-state index contributed by atoms with van der Waals surface area (Å²) in [6.07, 6.45) is -2.73. The molecule has 2 N–H and O–H groups in total. The maximum absolute atomic E-state index is 14.8. The number of amides is 1. The number of fused-ring (bicyclic) bond motifs is 1. The van der Waals surface area contributed by atoms with Gasteiger partial charge in [0.15, 0.2) is 35.5 Å². The number of aromatic nitrogens is 4. The van der Waals surface area contributed by atoms with E-state index in [0.29, 0.717) is 0 Å². The van der Waals surface area contributed by atoms with E-state index in [0.717, 1.165) is 6.92 Å². The van der Waals surface area contributed by atoms with Crippen molar-refractivity contribution in [3.8, 4) is 0 Å². The Hall–Kier alpha value is -2.66. The number of carbonyl (C=O) groups excluding carboxylic acids is 2. The fraction of sp³-hybridized carbons (Fsp3) is 0.500. The Morgan fingerprint density at radius 3 is 2.80 bits per heavy atom. The number of hydrogen-bond acceptors (Lipinski definition) is 8. The van der Waals surface area contributed by atoms with Gasteiger partial charge in [0.2, 0.25) is 5.91 Å². The van der Waals surface area contributed by atoms with E-state index in [2.05, 4.69) is 20.3 Å². The van der Waals surface area contributed by atoms with Crippen LogP contribution in [0, 0.1) is 0 Å². The lowest BCUT2D eigenvalue weighted by molar-refractivity contribution is -0.152. The van der Waals surface area contributed by atoms with Gasteiger partial charge in [-0.2, -0.15) is 0 Å². The van der Waals surface area contributed by atoms with Gasteiger partial charge in [0.05, 0.1) is 12.9 Å². The van der Waals surface area contributed by atoms with Crippen molar-refractivity contribution in [3.63, 3.8) is 0 Å². The molecule has 0 aromatic carbocycles. The normalized spacial score (nSPS) is 25.9. The summed E-state index contributed by atoms with van der Waals surface area (Å²) in [4.78, 5) is 34.5. The number of aliphatic hydroxyl groups is 1. The highest BCUT2D eigenvalue weighted by Gasteiger charge is 2.48. The number of hydrogen-bond donors (Lipinski definition) is 2. The standard InChI is InChI=1S/C14H16FN5O5/c1-6(22)19-12-10-13(17-4-16-12)20(5-18-10)14-9(15)11(24-7(2)23)8(3-21)25-14/h4-5,8-9,11,14,21H,3H2,1-2H3,(H,16,17,19,22)/t8-,9?,11?,14-/m1/s1. The largest absolute Gasteiger partial charge is 0.456 e. The number of aliphatic hydroxyl groups excluding tert-OH is 1. The first-order valence-electron chi connectivity index (χ1n) is 7.45. The summed E-state index contributed by atoms with van der Waals surface area (Å²) >= 11 is 0. The van der Waals surface area contributed by atoms with Gasteiger partial charge in [0.1, 0.15) is 12.4 Å². The molecule has 1 amide bonds. The Morgan fingerprint density at radius 1 is 1.40 bits per heavy atom. The van der Waals surface area contributed by atoms with Crippen LogP contribution in [0.3, 0.4) is 0 Å². The monoisotopic (exact) mass is 353 g/mol. The van der Waals surface area contributed by atoms with Crippen molar-refractivity contribution in [1.82, 2.24) is 19.5 Å². The molecule has 3 rings (SSSR count). The zero-order valence-corrected chi connectivity index (χ0v) is 13.4. The van der Waals surface area contributed by atoms with E-state index in [1.54, 1.807) is 0 Å². The van der Waals surface area contributed by atoms with Crippen LogP contribution in [0.5, 0.6) is 0 Å². The molecule has 2 unspecified atom stereocenters. The topological polar surface area (TPSA) is 128 Å². The Balaban J connectivity index is 1.96. The third-order valence-corrected chi connectivity index (χ3v) is 3.68. The lowest BCUT2D eigenvalue weighted by Gasteiger charge is -2.17. The number of ether oxygens (including phenoxy) is 2. The second-order valence-electron chi connectivity index (χ2n) is 5.49. The quantitative estimate of drug-likeness (QED) is 0.732. The maximum Gasteiger partial charge on any atom is 0.303 e. The van der Waals surface area contributed by atoms with Crippen LogP contribution < -0.4 is 5.32 Å². The van der Waals surface area contributed by atoms with Crippen LogP contribution in [0.2, 0.25) is 0 Å². The van der Waals surface area contributed by atoms with Gasteiger partial charge < -0.3 is 19.9 Å². The highest BCUT2D eigenvalue weighted by atomic mass is 19.1. The van der Waals surface area contributed by atoms with Gasteiger partial charge in [-0.3, -0.25) is 14.2 Å². The average molecular weight is 353 g/mol. The van der Waals surface area contributed by atoms with Gasteiger partial charge in [-0.1, -0.05) is 0 Å². The molecule has 11 heteroatoms. The average Bonchev–Trinajstić information content (AvgIpc) is 3.09. The van der Waals surface area contributed by atoms with Gasteiger partial charge >= 0.3 is 5.97 Å². The Bertz CT molecular complexity index is 812. The molecule has 134 valence electrons. The number of imidazole rings is 1. The number of halogens is 1. The minimum absolute atomic E-state index is 0.180. The number of carbonyl (C=O) groups is 2. The maximum atomic E-state index is 14.8. The van der Waals surface area contributed by atoms with E-state index in [-0.39, 0.29) is 22.9 Å². The van der Waals surface area contributed by atoms with Crippen molar-refractivity contribution >= 4 is 28.9 Å². The minimum atomic E-state index is -1.74. The molecule has 1 fully saturated rings. The molecular weight excluding hydrogens is 337 g/mol. The van der Waals surface area contributed by atoms with Crippen LogP contribution >= 0.6 is 0 Å². The molecule has 4 atom stereocenters. The lowest BCUT2D eigenvalue weighted by Crippen LogP contribution is -2.35. The Kier molecular flexibility index (Phi) is 4.59. The first-order valence-corrected chi connectivity index (χ1v) is 7.45. The van der Waals surface area contributed by atoms with Crippen LogP contribution in [0.25, 0.3) is 11.2 Å². The summed E-state index contributed by atoms with van der Waals surface area (Å²) < 4.78 is 26.5. The van der Waals surface area contributed by atoms with Crippen molar-refractivity contribution in [2.24, 2.45) is 0 Å². The summed E-state index contributed by atoms with van der Waals surface area (Å²) in [5.41, 5.74) is 0.483. The third-order valence-electron chi connectivity index (χ3n) is 3.68. The van der Waals surface area contributed by atoms with Crippen LogP contribution in [0.15, 0.2) is 12.7 Å². The predicted molar refractivity (Wildman–Crippen MR) is 81.1 cm³/mol. The second-order valence-corrected chi connectivity index (χ2v) is 5.49. The van der Waals surface area contributed by atoms with Crippen LogP contribution in [-0.2, 0) is 19.1 Å². The van der Waals surface area contributed by atoms with E-state index in [1.165, 1.54) is 24.1 Å². The zero-order chi connectivity index (χ0) is 18.1. The lowest BCUT2D eigenvalue weighted by atomic mass is 10.1. The summed E-state index contributed by atoms with van der Waals surface area (Å²) in [6, 6.07) is 0. The molecule has 3 heterocycles. The van der Waals surface area contributed by atoms with Gasteiger partial charge in [0, 0.05) is 13.8 Å². The predicted octanol–water partition coefficient (Wildman–Crippen LogP) is -0.0558. The highest BCUT2D eigenvalue weighted by Crippen LogP contribution is 2.35. The van der Waals surface area contributed by atoms with Gasteiger partial charge in [0.25, 0.3) is 0 Å². The van der Waals surface area contributed by atoms with Crippen LogP contribution in [0.1, 0.15) is 20.1 Å². The van der Waals surface area contributed by atoms with Crippen molar-refractivity contribution in [2.75, 3.05) is 11.9 Å². The fourth-order valence-electron chi connectivity index (χ4n) is 2.69. The zero-order valence-electron chi connectivity index (χ0n) is 13.4. The molecule has 2 aromatic heterocycles. The fourth-order valence-corrected chi connectivity index (χ4v) is 2.69. The molecule has 1 aliphatic rings. The summed E-state index contributed by atoms with van der Waals surface area (Å²) in [6.45, 7) is 1.94. The molecule has 0 saturated carbocycles. The molecule has 2 aromatic rings. The highest BCUT2D eigenvalue weighted by molar-refractivity contribution is 5.95. The van der Waals surface area contributed by atoms with Crippen LogP contribution in [-0.4, -0.2) is 61.5 Å². The van der Waals surface area contributed by atoms with Crippen molar-refractivity contribution in [3.05, 3.63) is 12.7 Å². The summed E-state index contributed by atoms with van der Waals surface area (Å²) in [5, 5.41) is 11.9. The number of rotatable bonds is 4. The van der Waals surface area contributed by atoms with Crippen molar-refractivity contribution in [1.29, 1.82) is 0 Å². The van der Waals surface area contributed by atoms with E-state index in [9.17, 15) is 19.1 Å². The smallest absolute Gasteiger partial charge is 0.303 e. The van der Waals surface area contributed by atoms with Gasteiger partial charge in [-0.05, 0) is 0 Å². The molecule has 0 spiro atoms. The SMILES string of the molecule is CC(=O)Nc1ncnc2c1ncn2[C@@H]1O[C@H](CO)C(OC(C)=O)C1F. The van der Waals surface area contributed by atoms with Crippen LogP contribution in [0.4, 0.5) is 10.2 Å². The number of nitrogens with zero attached hydrogens (tertiary/aromatic N) is 4. The van der Waals surface area contributed by atoms with E-state index in [4.69, 9.17) is 9.47 Å².